The van der Waals surface area contributed by atoms with Crippen molar-refractivity contribution in [3.8, 4) is 5.75 Å². The van der Waals surface area contributed by atoms with Crippen LogP contribution >= 0.6 is 0 Å². The number of ether oxygens (including phenoxy) is 1. The van der Waals surface area contributed by atoms with Gasteiger partial charge in [-0.25, -0.2) is 4.79 Å². The van der Waals surface area contributed by atoms with Crippen molar-refractivity contribution in [1.29, 1.82) is 0 Å². The predicted molar refractivity (Wildman–Crippen MR) is 71.7 cm³/mol. The molecule has 6 heteroatoms. The van der Waals surface area contributed by atoms with Crippen molar-refractivity contribution in [3.63, 3.8) is 0 Å². The third-order valence-corrected chi connectivity index (χ3v) is 2.31. The lowest BCUT2D eigenvalue weighted by Crippen LogP contribution is -2.38. The Morgan fingerprint density at radius 2 is 1.95 bits per heavy atom. The number of hydrogen-bond acceptors (Lipinski definition) is 4. The summed E-state index contributed by atoms with van der Waals surface area (Å²) in [6, 6.07) is 6.51. The van der Waals surface area contributed by atoms with E-state index in [0.29, 0.717) is 5.75 Å². The molecule has 3 amide bonds. The summed E-state index contributed by atoms with van der Waals surface area (Å²) in [4.78, 5) is 21.5. The van der Waals surface area contributed by atoms with Gasteiger partial charge in [0.2, 0.25) is 0 Å². The number of carbonyl (C=O) groups is 2. The van der Waals surface area contributed by atoms with Crippen LogP contribution in [-0.4, -0.2) is 25.1 Å². The highest BCUT2D eigenvalue weighted by molar-refractivity contribution is 5.94. The zero-order chi connectivity index (χ0) is 14.1. The van der Waals surface area contributed by atoms with E-state index in [1.807, 2.05) is 17.4 Å². The van der Waals surface area contributed by atoms with Crippen molar-refractivity contribution in [1.82, 2.24) is 10.6 Å². The number of nitrogens with one attached hydrogen (secondary N) is 2. The van der Waals surface area contributed by atoms with Gasteiger partial charge in [0.1, 0.15) is 5.75 Å². The number of amides is 3. The number of urea groups is 1. The van der Waals surface area contributed by atoms with Crippen molar-refractivity contribution in [2.24, 2.45) is 5.73 Å². The summed E-state index contributed by atoms with van der Waals surface area (Å²) < 4.78 is 5.21. The summed E-state index contributed by atoms with van der Waals surface area (Å²) in [7, 11) is 0. The minimum Gasteiger partial charge on any atom is -0.484 e. The first-order chi connectivity index (χ1) is 9.11. The Balaban J connectivity index is 2.35. The van der Waals surface area contributed by atoms with Gasteiger partial charge in [0.25, 0.3) is 5.91 Å². The Morgan fingerprint density at radius 3 is 2.53 bits per heavy atom. The summed E-state index contributed by atoms with van der Waals surface area (Å²) in [5.74, 6) is 0.0000472. The van der Waals surface area contributed by atoms with Crippen LogP contribution in [0.4, 0.5) is 4.79 Å². The van der Waals surface area contributed by atoms with Gasteiger partial charge in [-0.1, -0.05) is 19.1 Å². The molecule has 0 radical (unpaired) electrons. The molecule has 4 N–H and O–H groups in total. The van der Waals surface area contributed by atoms with Crippen LogP contribution in [0.25, 0.3) is 0 Å². The molecule has 19 heavy (non-hydrogen) atoms. The minimum atomic E-state index is -0.883. The van der Waals surface area contributed by atoms with Gasteiger partial charge in [-0.3, -0.25) is 10.1 Å². The molecule has 104 valence electrons. The number of hydrogen-bond donors (Lipinski definition) is 3. The first-order valence-electron chi connectivity index (χ1n) is 6.13. The Bertz CT molecular complexity index is 418. The van der Waals surface area contributed by atoms with E-state index in [2.05, 4.69) is 12.2 Å². The van der Waals surface area contributed by atoms with E-state index in [1.54, 1.807) is 12.1 Å². The second-order valence-corrected chi connectivity index (χ2v) is 4.02. The molecule has 0 unspecified atom stereocenters. The van der Waals surface area contributed by atoms with Gasteiger partial charge >= 0.3 is 6.03 Å². The molecule has 0 spiro atoms. The van der Waals surface area contributed by atoms with E-state index in [9.17, 15) is 9.59 Å². The quantitative estimate of drug-likeness (QED) is 0.634. The molecule has 0 aromatic heterocycles. The Labute approximate surface area is 112 Å². The molecule has 0 aliphatic rings. The van der Waals surface area contributed by atoms with E-state index >= 15 is 0 Å². The number of nitrogens with two attached hydrogens (primary N) is 1. The third-order valence-electron chi connectivity index (χ3n) is 2.31. The molecule has 1 aromatic rings. The molecule has 1 rings (SSSR count). The maximum atomic E-state index is 11.1. The number of primary amides is 1. The standard InChI is InChI=1S/C13H19N3O3/c1-2-7-15-8-10-3-5-11(6-4-10)19-9-12(17)16-13(14)18/h3-6,15H,2,7-9H2,1H3,(H3,14,16,17,18). The molecule has 0 atom stereocenters. The molecule has 0 fully saturated rings. The van der Waals surface area contributed by atoms with Crippen LogP contribution in [0.15, 0.2) is 24.3 Å². The van der Waals surface area contributed by atoms with Crippen molar-refractivity contribution in [2.45, 2.75) is 19.9 Å². The van der Waals surface area contributed by atoms with Crippen LogP contribution in [0.1, 0.15) is 18.9 Å². The summed E-state index contributed by atoms with van der Waals surface area (Å²) in [5, 5.41) is 5.21. The minimum absolute atomic E-state index is 0.240. The third kappa shape index (κ3) is 6.42. The molecular weight excluding hydrogens is 246 g/mol. The van der Waals surface area contributed by atoms with E-state index in [4.69, 9.17) is 10.5 Å². The molecule has 0 heterocycles. The van der Waals surface area contributed by atoms with Crippen LogP contribution in [0.3, 0.4) is 0 Å². The highest BCUT2D eigenvalue weighted by atomic mass is 16.5. The van der Waals surface area contributed by atoms with Gasteiger partial charge < -0.3 is 15.8 Å². The SMILES string of the molecule is CCCNCc1ccc(OCC(=O)NC(N)=O)cc1. The Morgan fingerprint density at radius 1 is 1.26 bits per heavy atom. The molecule has 0 saturated carbocycles. The summed E-state index contributed by atoms with van der Waals surface area (Å²) in [6.07, 6.45) is 1.09. The smallest absolute Gasteiger partial charge is 0.318 e. The first kappa shape index (κ1) is 15.0. The van der Waals surface area contributed by atoms with Gasteiger partial charge in [-0.05, 0) is 30.7 Å². The fourth-order valence-electron chi connectivity index (χ4n) is 1.44. The maximum Gasteiger partial charge on any atom is 0.318 e. The average molecular weight is 265 g/mol. The van der Waals surface area contributed by atoms with Crippen LogP contribution < -0.4 is 21.1 Å². The summed E-state index contributed by atoms with van der Waals surface area (Å²) in [5.41, 5.74) is 5.95. The lowest BCUT2D eigenvalue weighted by atomic mass is 10.2. The average Bonchev–Trinajstić information content (AvgIpc) is 2.37. The summed E-state index contributed by atoms with van der Waals surface area (Å²) in [6.45, 7) is 3.65. The number of carbonyl (C=O) groups excluding carboxylic acids is 2. The molecule has 0 aliphatic heterocycles. The topological polar surface area (TPSA) is 93.4 Å². The molecule has 0 aliphatic carbocycles. The van der Waals surface area contributed by atoms with E-state index in [-0.39, 0.29) is 6.61 Å². The fourth-order valence-corrected chi connectivity index (χ4v) is 1.44. The van der Waals surface area contributed by atoms with E-state index in [1.165, 1.54) is 0 Å². The van der Waals surface area contributed by atoms with Crippen LogP contribution in [0.5, 0.6) is 5.75 Å². The number of rotatable bonds is 7. The highest BCUT2D eigenvalue weighted by Gasteiger charge is 2.04. The molecule has 1 aromatic carbocycles. The second kappa shape index (κ2) is 8.10. The highest BCUT2D eigenvalue weighted by Crippen LogP contribution is 2.11. The normalized spacial score (nSPS) is 9.95. The van der Waals surface area contributed by atoms with Crippen molar-refractivity contribution in [3.05, 3.63) is 29.8 Å². The Kier molecular flexibility index (Phi) is 6.38. The van der Waals surface area contributed by atoms with Crippen molar-refractivity contribution < 1.29 is 14.3 Å². The van der Waals surface area contributed by atoms with Gasteiger partial charge in [0.15, 0.2) is 6.61 Å². The van der Waals surface area contributed by atoms with Crippen LogP contribution in [-0.2, 0) is 11.3 Å². The molecule has 0 saturated heterocycles. The Hall–Kier alpha value is -2.08. The van der Waals surface area contributed by atoms with Gasteiger partial charge in [0.05, 0.1) is 0 Å². The van der Waals surface area contributed by atoms with E-state index in [0.717, 1.165) is 25.1 Å². The molecular formula is C13H19N3O3. The maximum absolute atomic E-state index is 11.1. The molecule has 6 nitrogen and oxygen atoms in total. The zero-order valence-electron chi connectivity index (χ0n) is 10.9. The monoisotopic (exact) mass is 265 g/mol. The second-order valence-electron chi connectivity index (χ2n) is 4.02. The largest absolute Gasteiger partial charge is 0.484 e. The van der Waals surface area contributed by atoms with Gasteiger partial charge in [-0.2, -0.15) is 0 Å². The number of benzene rings is 1. The van der Waals surface area contributed by atoms with Crippen LogP contribution in [0.2, 0.25) is 0 Å². The first-order valence-corrected chi connectivity index (χ1v) is 6.13. The lowest BCUT2D eigenvalue weighted by Gasteiger charge is -2.07. The summed E-state index contributed by atoms with van der Waals surface area (Å²) >= 11 is 0. The van der Waals surface area contributed by atoms with Gasteiger partial charge in [0, 0.05) is 6.54 Å². The van der Waals surface area contributed by atoms with E-state index < -0.39 is 11.9 Å². The number of imide groups is 1. The lowest BCUT2D eigenvalue weighted by molar-refractivity contribution is -0.121. The van der Waals surface area contributed by atoms with Crippen molar-refractivity contribution in [2.75, 3.05) is 13.2 Å². The molecule has 0 bridgehead atoms. The zero-order valence-corrected chi connectivity index (χ0v) is 10.9. The van der Waals surface area contributed by atoms with Gasteiger partial charge in [-0.15, -0.1) is 0 Å². The van der Waals surface area contributed by atoms with Crippen LogP contribution in [0, 0.1) is 0 Å². The fraction of sp³-hybridized carbons (Fsp3) is 0.385. The van der Waals surface area contributed by atoms with Crippen molar-refractivity contribution >= 4 is 11.9 Å². The predicted octanol–water partition coefficient (Wildman–Crippen LogP) is 0.760.